The molecule has 2 aliphatic heterocycles. The first-order chi connectivity index (χ1) is 19.5. The van der Waals surface area contributed by atoms with Gasteiger partial charge in [-0.25, -0.2) is 4.79 Å². The third-order valence-corrected chi connectivity index (χ3v) is 7.36. The average molecular weight is 546 g/mol. The molecule has 2 heterocycles. The summed E-state index contributed by atoms with van der Waals surface area (Å²) < 4.78 is 16.8. The SMILES string of the molecule is CC(CNC(=O)c1ccc(N2C(=O)O[C@H](CO)[C@H]2c2ccc(OCc3ccccc3)cc2)cc1)N1CCOCC1. The van der Waals surface area contributed by atoms with E-state index >= 15 is 0 Å². The van der Waals surface area contributed by atoms with Gasteiger partial charge in [-0.3, -0.25) is 14.6 Å². The number of carbonyl (C=O) groups is 2. The fraction of sp³-hybridized carbons (Fsp3) is 0.355. The van der Waals surface area contributed by atoms with Crippen LogP contribution in [0.5, 0.6) is 5.75 Å². The number of nitrogens with zero attached hydrogens (tertiary/aromatic N) is 2. The number of carbonyl (C=O) groups excluding carboxylic acids is 2. The first kappa shape index (κ1) is 27.6. The van der Waals surface area contributed by atoms with Crippen LogP contribution in [0.1, 0.15) is 34.5 Å². The third kappa shape index (κ3) is 6.44. The molecule has 2 N–H and O–H groups in total. The number of anilines is 1. The summed E-state index contributed by atoms with van der Waals surface area (Å²) in [6.45, 7) is 5.89. The normalized spacial score (nSPS) is 20.1. The van der Waals surface area contributed by atoms with Crippen molar-refractivity contribution in [3.05, 3.63) is 95.6 Å². The van der Waals surface area contributed by atoms with Crippen molar-refractivity contribution < 1.29 is 28.9 Å². The number of amides is 2. The van der Waals surface area contributed by atoms with Gasteiger partial charge >= 0.3 is 6.09 Å². The van der Waals surface area contributed by atoms with Gasteiger partial charge in [0.1, 0.15) is 18.4 Å². The van der Waals surface area contributed by atoms with E-state index in [1.54, 1.807) is 24.3 Å². The minimum Gasteiger partial charge on any atom is -0.489 e. The Bertz CT molecular complexity index is 1260. The summed E-state index contributed by atoms with van der Waals surface area (Å²) >= 11 is 0. The Hall–Kier alpha value is -3.92. The minimum atomic E-state index is -0.728. The van der Waals surface area contributed by atoms with Gasteiger partial charge in [-0.05, 0) is 54.4 Å². The first-order valence-electron chi connectivity index (χ1n) is 13.6. The lowest BCUT2D eigenvalue weighted by Crippen LogP contribution is -2.47. The van der Waals surface area contributed by atoms with E-state index in [2.05, 4.69) is 17.1 Å². The fourth-order valence-electron chi connectivity index (χ4n) is 5.06. The van der Waals surface area contributed by atoms with Crippen LogP contribution in [-0.4, -0.2) is 73.6 Å². The van der Waals surface area contributed by atoms with E-state index in [1.807, 2.05) is 54.6 Å². The van der Waals surface area contributed by atoms with E-state index in [4.69, 9.17) is 14.2 Å². The molecule has 5 rings (SSSR count). The number of cyclic esters (lactones) is 1. The molecule has 0 saturated carbocycles. The second-order valence-electron chi connectivity index (χ2n) is 10.0. The second-order valence-corrected chi connectivity index (χ2v) is 10.0. The van der Waals surface area contributed by atoms with Crippen molar-refractivity contribution in [2.24, 2.45) is 0 Å². The lowest BCUT2D eigenvalue weighted by molar-refractivity contribution is 0.0204. The molecule has 3 atom stereocenters. The van der Waals surface area contributed by atoms with Gasteiger partial charge in [-0.2, -0.15) is 0 Å². The molecular formula is C31H35N3O6. The Morgan fingerprint density at radius 1 is 1.02 bits per heavy atom. The molecular weight excluding hydrogens is 510 g/mol. The van der Waals surface area contributed by atoms with Gasteiger partial charge in [-0.15, -0.1) is 0 Å². The van der Waals surface area contributed by atoms with Crippen molar-refractivity contribution in [1.82, 2.24) is 10.2 Å². The predicted molar refractivity (Wildman–Crippen MR) is 150 cm³/mol. The maximum atomic E-state index is 12.9. The number of hydrogen-bond donors (Lipinski definition) is 2. The standard InChI is InChI=1S/C31H35N3O6/c1-22(33-15-17-38-18-16-33)19-32-30(36)25-7-11-26(12-8-25)34-29(28(20-35)40-31(34)37)24-9-13-27(14-10-24)39-21-23-5-3-2-4-6-23/h2-14,22,28-29,35H,15-21H2,1H3,(H,32,36)/t22?,28-,29-/m1/s1. The number of aliphatic hydroxyl groups excluding tert-OH is 1. The molecule has 1 unspecified atom stereocenters. The largest absolute Gasteiger partial charge is 0.489 e. The highest BCUT2D eigenvalue weighted by Gasteiger charge is 2.43. The van der Waals surface area contributed by atoms with Gasteiger partial charge in [0, 0.05) is 36.9 Å². The highest BCUT2D eigenvalue weighted by molar-refractivity contribution is 5.96. The summed E-state index contributed by atoms with van der Waals surface area (Å²) in [5, 5.41) is 13.0. The maximum Gasteiger partial charge on any atom is 0.415 e. The van der Waals surface area contributed by atoms with Crippen molar-refractivity contribution in [2.75, 3.05) is 44.4 Å². The number of ether oxygens (including phenoxy) is 3. The Morgan fingerprint density at radius 3 is 2.40 bits per heavy atom. The Kier molecular flexibility index (Phi) is 8.95. The zero-order chi connectivity index (χ0) is 27.9. The van der Waals surface area contributed by atoms with Crippen molar-refractivity contribution in [3.63, 3.8) is 0 Å². The van der Waals surface area contributed by atoms with Crippen LogP contribution in [-0.2, 0) is 16.1 Å². The van der Waals surface area contributed by atoms with Crippen LogP contribution in [0.15, 0.2) is 78.9 Å². The zero-order valence-electron chi connectivity index (χ0n) is 22.6. The van der Waals surface area contributed by atoms with Crippen molar-refractivity contribution in [3.8, 4) is 5.75 Å². The van der Waals surface area contributed by atoms with Crippen molar-refractivity contribution in [2.45, 2.75) is 31.7 Å². The minimum absolute atomic E-state index is 0.175. The van der Waals surface area contributed by atoms with Gasteiger partial charge in [0.25, 0.3) is 5.91 Å². The molecule has 0 bridgehead atoms. The second kappa shape index (κ2) is 13.0. The summed E-state index contributed by atoms with van der Waals surface area (Å²) in [7, 11) is 0. The fourth-order valence-corrected chi connectivity index (χ4v) is 5.06. The summed E-state index contributed by atoms with van der Waals surface area (Å²) in [5.41, 5.74) is 2.95. The number of morpholine rings is 1. The van der Waals surface area contributed by atoms with Gasteiger partial charge < -0.3 is 24.6 Å². The van der Waals surface area contributed by atoms with Crippen molar-refractivity contribution >= 4 is 17.7 Å². The summed E-state index contributed by atoms with van der Waals surface area (Å²) in [5.74, 6) is 0.523. The number of rotatable bonds is 10. The lowest BCUT2D eigenvalue weighted by atomic mass is 10.00. The molecule has 0 radical (unpaired) electrons. The molecule has 9 heteroatoms. The van der Waals surface area contributed by atoms with Gasteiger partial charge in [0.05, 0.1) is 19.8 Å². The molecule has 9 nitrogen and oxygen atoms in total. The number of nitrogens with one attached hydrogen (secondary N) is 1. The Morgan fingerprint density at radius 2 is 1.73 bits per heavy atom. The molecule has 0 spiro atoms. The molecule has 40 heavy (non-hydrogen) atoms. The smallest absolute Gasteiger partial charge is 0.415 e. The topological polar surface area (TPSA) is 101 Å². The van der Waals surface area contributed by atoms with E-state index in [1.165, 1.54) is 4.90 Å². The average Bonchev–Trinajstić information content (AvgIpc) is 3.35. The quantitative estimate of drug-likeness (QED) is 0.400. The molecule has 2 saturated heterocycles. The zero-order valence-corrected chi connectivity index (χ0v) is 22.6. The molecule has 2 aliphatic rings. The number of hydrogen-bond acceptors (Lipinski definition) is 7. The number of aliphatic hydroxyl groups is 1. The van der Waals surface area contributed by atoms with Gasteiger partial charge in [-0.1, -0.05) is 42.5 Å². The third-order valence-electron chi connectivity index (χ3n) is 7.36. The van der Waals surface area contributed by atoms with Crippen LogP contribution in [0.25, 0.3) is 0 Å². The summed E-state index contributed by atoms with van der Waals surface area (Å²) in [6.07, 6.45) is -1.28. The van der Waals surface area contributed by atoms with E-state index in [9.17, 15) is 14.7 Å². The van der Waals surface area contributed by atoms with Crippen LogP contribution in [0.3, 0.4) is 0 Å². The van der Waals surface area contributed by atoms with Crippen LogP contribution in [0, 0.1) is 0 Å². The molecule has 0 aliphatic carbocycles. The highest BCUT2D eigenvalue weighted by atomic mass is 16.6. The summed E-state index contributed by atoms with van der Waals surface area (Å²) in [4.78, 5) is 29.5. The molecule has 2 fully saturated rings. The molecule has 3 aromatic rings. The highest BCUT2D eigenvalue weighted by Crippen LogP contribution is 2.38. The molecule has 210 valence electrons. The van der Waals surface area contributed by atoms with Crippen LogP contribution in [0.4, 0.5) is 10.5 Å². The Balaban J connectivity index is 1.24. The Labute approximate surface area is 234 Å². The molecule has 0 aromatic heterocycles. The van der Waals surface area contributed by atoms with Crippen LogP contribution in [0.2, 0.25) is 0 Å². The van der Waals surface area contributed by atoms with Gasteiger partial charge in [0.2, 0.25) is 0 Å². The monoisotopic (exact) mass is 545 g/mol. The predicted octanol–water partition coefficient (Wildman–Crippen LogP) is 3.77. The van der Waals surface area contributed by atoms with Gasteiger partial charge in [0.15, 0.2) is 6.10 Å². The van der Waals surface area contributed by atoms with E-state index in [0.717, 1.165) is 24.2 Å². The van der Waals surface area contributed by atoms with Crippen LogP contribution >= 0.6 is 0 Å². The van der Waals surface area contributed by atoms with Crippen molar-refractivity contribution in [1.29, 1.82) is 0 Å². The molecule has 3 aromatic carbocycles. The lowest BCUT2D eigenvalue weighted by Gasteiger charge is -2.32. The van der Waals surface area contributed by atoms with E-state index in [-0.39, 0.29) is 18.6 Å². The van der Waals surface area contributed by atoms with Crippen LogP contribution < -0.4 is 15.0 Å². The van der Waals surface area contributed by atoms with E-state index in [0.29, 0.717) is 43.4 Å². The first-order valence-corrected chi connectivity index (χ1v) is 13.6. The summed E-state index contributed by atoms with van der Waals surface area (Å²) in [6, 6.07) is 23.9. The molecule has 2 amide bonds. The maximum absolute atomic E-state index is 12.9. The van der Waals surface area contributed by atoms with E-state index < -0.39 is 18.2 Å². The number of benzene rings is 3.